The fraction of sp³-hybridized carbons (Fsp3) is 1.00. The van der Waals surface area contributed by atoms with Gasteiger partial charge in [-0.3, -0.25) is 0 Å². The van der Waals surface area contributed by atoms with E-state index in [0.717, 1.165) is 18.5 Å². The molecule has 2 rings (SSSR count). The van der Waals surface area contributed by atoms with Crippen LogP contribution >= 0.6 is 0 Å². The van der Waals surface area contributed by atoms with Crippen molar-refractivity contribution in [3.05, 3.63) is 0 Å². The van der Waals surface area contributed by atoms with Crippen LogP contribution in [0.25, 0.3) is 0 Å². The van der Waals surface area contributed by atoms with Gasteiger partial charge in [0.05, 0.1) is 0 Å². The lowest BCUT2D eigenvalue weighted by Crippen LogP contribution is -2.45. The Kier molecular flexibility index (Phi) is 3.82. The zero-order chi connectivity index (χ0) is 9.80. The van der Waals surface area contributed by atoms with E-state index in [1.54, 1.807) is 0 Å². The van der Waals surface area contributed by atoms with Crippen LogP contribution in [0.5, 0.6) is 0 Å². The molecule has 2 heteroatoms. The van der Waals surface area contributed by atoms with Crippen molar-refractivity contribution in [3.63, 3.8) is 0 Å². The number of nitrogens with one attached hydrogen (secondary N) is 1. The Morgan fingerprint density at radius 3 is 2.86 bits per heavy atom. The van der Waals surface area contributed by atoms with Crippen LogP contribution in [-0.4, -0.2) is 37.1 Å². The molecule has 1 saturated carbocycles. The third-order valence-corrected chi connectivity index (χ3v) is 3.55. The summed E-state index contributed by atoms with van der Waals surface area (Å²) in [5.41, 5.74) is 0. The summed E-state index contributed by atoms with van der Waals surface area (Å²) in [4.78, 5) is 2.66. The number of hydrogen-bond acceptors (Lipinski definition) is 2. The highest BCUT2D eigenvalue weighted by Crippen LogP contribution is 2.32. The molecule has 1 aliphatic carbocycles. The van der Waals surface area contributed by atoms with E-state index < -0.39 is 0 Å². The lowest BCUT2D eigenvalue weighted by atomic mass is 10.1. The molecule has 0 aromatic heterocycles. The molecule has 0 spiro atoms. The summed E-state index contributed by atoms with van der Waals surface area (Å²) in [7, 11) is 0. The second-order valence-electron chi connectivity index (χ2n) is 4.93. The first kappa shape index (κ1) is 10.4. The molecule has 1 heterocycles. The SMILES string of the molecule is CCNC1CCCN(CCC2CC2)C1. The number of hydrogen-bond donors (Lipinski definition) is 1. The van der Waals surface area contributed by atoms with Gasteiger partial charge in [-0.05, 0) is 44.8 Å². The minimum atomic E-state index is 0.771. The van der Waals surface area contributed by atoms with Crippen LogP contribution in [0.1, 0.15) is 39.0 Å². The van der Waals surface area contributed by atoms with Gasteiger partial charge in [-0.2, -0.15) is 0 Å². The maximum absolute atomic E-state index is 3.58. The Balaban J connectivity index is 1.64. The molecule has 0 bridgehead atoms. The highest BCUT2D eigenvalue weighted by atomic mass is 15.2. The largest absolute Gasteiger partial charge is 0.313 e. The molecule has 82 valence electrons. The van der Waals surface area contributed by atoms with Gasteiger partial charge in [-0.15, -0.1) is 0 Å². The van der Waals surface area contributed by atoms with Crippen LogP contribution in [-0.2, 0) is 0 Å². The van der Waals surface area contributed by atoms with Gasteiger partial charge in [0, 0.05) is 12.6 Å². The van der Waals surface area contributed by atoms with Crippen molar-refractivity contribution < 1.29 is 0 Å². The van der Waals surface area contributed by atoms with E-state index in [-0.39, 0.29) is 0 Å². The molecule has 14 heavy (non-hydrogen) atoms. The maximum atomic E-state index is 3.58. The van der Waals surface area contributed by atoms with Gasteiger partial charge in [0.2, 0.25) is 0 Å². The van der Waals surface area contributed by atoms with Gasteiger partial charge < -0.3 is 10.2 Å². The number of likely N-dealkylation sites (N-methyl/N-ethyl adjacent to an activating group) is 1. The van der Waals surface area contributed by atoms with E-state index in [1.165, 1.54) is 51.7 Å². The predicted octanol–water partition coefficient (Wildman–Crippen LogP) is 1.86. The maximum Gasteiger partial charge on any atom is 0.0195 e. The molecule has 0 radical (unpaired) electrons. The summed E-state index contributed by atoms with van der Waals surface area (Å²) in [6.07, 6.45) is 7.24. The lowest BCUT2D eigenvalue weighted by Gasteiger charge is -2.33. The van der Waals surface area contributed by atoms with Crippen LogP contribution in [0.2, 0.25) is 0 Å². The van der Waals surface area contributed by atoms with Crippen LogP contribution in [0, 0.1) is 5.92 Å². The third kappa shape index (κ3) is 3.25. The zero-order valence-corrected chi connectivity index (χ0v) is 9.47. The number of piperidine rings is 1. The van der Waals surface area contributed by atoms with Crippen molar-refractivity contribution in [3.8, 4) is 0 Å². The molecule has 1 N–H and O–H groups in total. The van der Waals surface area contributed by atoms with Crippen molar-refractivity contribution in [2.24, 2.45) is 5.92 Å². The molecule has 1 atom stereocenters. The first-order chi connectivity index (χ1) is 6.88. The normalized spacial score (nSPS) is 29.4. The number of rotatable bonds is 5. The quantitative estimate of drug-likeness (QED) is 0.722. The topological polar surface area (TPSA) is 15.3 Å². The standard InChI is InChI=1S/C12H24N2/c1-2-13-12-4-3-8-14(10-12)9-7-11-5-6-11/h11-13H,2-10H2,1H3. The first-order valence-corrected chi connectivity index (χ1v) is 6.34. The highest BCUT2D eigenvalue weighted by Gasteiger charge is 2.24. The molecule has 0 amide bonds. The van der Waals surface area contributed by atoms with Gasteiger partial charge in [0.25, 0.3) is 0 Å². The zero-order valence-electron chi connectivity index (χ0n) is 9.47. The van der Waals surface area contributed by atoms with E-state index in [4.69, 9.17) is 0 Å². The summed E-state index contributed by atoms with van der Waals surface area (Å²) in [6, 6.07) is 0.771. The molecule has 1 unspecified atom stereocenters. The second kappa shape index (κ2) is 5.13. The van der Waals surface area contributed by atoms with Gasteiger partial charge in [-0.1, -0.05) is 19.8 Å². The predicted molar refractivity (Wildman–Crippen MR) is 60.5 cm³/mol. The van der Waals surface area contributed by atoms with Gasteiger partial charge in [-0.25, -0.2) is 0 Å². The third-order valence-electron chi connectivity index (χ3n) is 3.55. The molecular weight excluding hydrogens is 172 g/mol. The minimum Gasteiger partial charge on any atom is -0.313 e. The van der Waals surface area contributed by atoms with Gasteiger partial charge in [0.15, 0.2) is 0 Å². The van der Waals surface area contributed by atoms with Crippen molar-refractivity contribution in [2.75, 3.05) is 26.2 Å². The number of likely N-dealkylation sites (tertiary alicyclic amines) is 1. The Bertz CT molecular complexity index is 164. The molecule has 2 aliphatic rings. The van der Waals surface area contributed by atoms with Crippen LogP contribution in [0.3, 0.4) is 0 Å². The van der Waals surface area contributed by atoms with Crippen molar-refractivity contribution >= 4 is 0 Å². The highest BCUT2D eigenvalue weighted by molar-refractivity contribution is 4.80. The van der Waals surface area contributed by atoms with Crippen LogP contribution in [0.4, 0.5) is 0 Å². The summed E-state index contributed by atoms with van der Waals surface area (Å²) in [6.45, 7) is 7.33. The molecule has 1 aliphatic heterocycles. The fourth-order valence-electron chi connectivity index (χ4n) is 2.49. The van der Waals surface area contributed by atoms with Crippen LogP contribution < -0.4 is 5.32 Å². The summed E-state index contributed by atoms with van der Waals surface area (Å²) in [5.74, 6) is 1.09. The van der Waals surface area contributed by atoms with Gasteiger partial charge in [0.1, 0.15) is 0 Å². The molecule has 0 aromatic carbocycles. The summed E-state index contributed by atoms with van der Waals surface area (Å²) in [5, 5.41) is 3.58. The Hall–Kier alpha value is -0.0800. The van der Waals surface area contributed by atoms with Crippen molar-refractivity contribution in [2.45, 2.75) is 45.1 Å². The smallest absolute Gasteiger partial charge is 0.0195 e. The molecule has 0 aromatic rings. The van der Waals surface area contributed by atoms with Crippen LogP contribution in [0.15, 0.2) is 0 Å². The minimum absolute atomic E-state index is 0.771. The Morgan fingerprint density at radius 1 is 1.29 bits per heavy atom. The molecule has 2 fully saturated rings. The van der Waals surface area contributed by atoms with Crippen molar-refractivity contribution in [1.29, 1.82) is 0 Å². The lowest BCUT2D eigenvalue weighted by molar-refractivity contribution is 0.187. The van der Waals surface area contributed by atoms with E-state index in [0.29, 0.717) is 0 Å². The van der Waals surface area contributed by atoms with E-state index in [9.17, 15) is 0 Å². The first-order valence-electron chi connectivity index (χ1n) is 6.34. The van der Waals surface area contributed by atoms with E-state index in [2.05, 4.69) is 17.1 Å². The second-order valence-corrected chi connectivity index (χ2v) is 4.93. The fourth-order valence-corrected chi connectivity index (χ4v) is 2.49. The molecule has 1 saturated heterocycles. The Morgan fingerprint density at radius 2 is 2.14 bits per heavy atom. The van der Waals surface area contributed by atoms with Gasteiger partial charge >= 0.3 is 0 Å². The Labute approximate surface area is 88.1 Å². The average Bonchev–Trinajstić information content (AvgIpc) is 2.99. The summed E-state index contributed by atoms with van der Waals surface area (Å²) < 4.78 is 0. The van der Waals surface area contributed by atoms with Crippen molar-refractivity contribution in [1.82, 2.24) is 10.2 Å². The van der Waals surface area contributed by atoms with E-state index in [1.807, 2.05) is 0 Å². The molecular formula is C12H24N2. The summed E-state index contributed by atoms with van der Waals surface area (Å²) >= 11 is 0. The monoisotopic (exact) mass is 196 g/mol. The average molecular weight is 196 g/mol. The number of nitrogens with zero attached hydrogens (tertiary/aromatic N) is 1. The molecule has 2 nitrogen and oxygen atoms in total. The van der Waals surface area contributed by atoms with E-state index >= 15 is 0 Å².